The molecule has 11 nitrogen and oxygen atoms in total. The first-order valence-corrected chi connectivity index (χ1v) is 9.66. The molecule has 0 unspecified atom stereocenters. The van der Waals surface area contributed by atoms with Crippen molar-refractivity contribution in [1.29, 1.82) is 0 Å². The summed E-state index contributed by atoms with van der Waals surface area (Å²) in [5.41, 5.74) is 1.17. The van der Waals surface area contributed by atoms with Gasteiger partial charge in [0.1, 0.15) is 11.4 Å². The van der Waals surface area contributed by atoms with Gasteiger partial charge < -0.3 is 19.7 Å². The van der Waals surface area contributed by atoms with E-state index in [2.05, 4.69) is 10.4 Å². The molecule has 0 aliphatic carbocycles. The molecule has 0 saturated heterocycles. The van der Waals surface area contributed by atoms with Crippen LogP contribution >= 0.6 is 0 Å². The minimum atomic E-state index is -0.626. The standard InChI is InChI=1S/C20H25N5O6/c1-20(2,3)31-19(27)24-9-8-15-13(11-24)17(22-23(15)4)18(26)21-14-7-6-12(25(28)29)10-16(14)30-5/h6-7,10H,8-9,11H2,1-5H3,(H,21,26). The zero-order chi connectivity index (χ0) is 22.9. The topological polar surface area (TPSA) is 129 Å². The summed E-state index contributed by atoms with van der Waals surface area (Å²) in [4.78, 5) is 37.4. The van der Waals surface area contributed by atoms with E-state index in [-0.39, 0.29) is 29.4 Å². The van der Waals surface area contributed by atoms with E-state index in [0.717, 1.165) is 5.69 Å². The number of carbonyl (C=O) groups excluding carboxylic acids is 2. The van der Waals surface area contributed by atoms with Crippen molar-refractivity contribution in [3.05, 3.63) is 45.3 Å². The van der Waals surface area contributed by atoms with Crippen LogP contribution in [0.5, 0.6) is 5.75 Å². The smallest absolute Gasteiger partial charge is 0.410 e. The highest BCUT2D eigenvalue weighted by Crippen LogP contribution is 2.30. The highest BCUT2D eigenvalue weighted by Gasteiger charge is 2.31. The number of nitrogens with one attached hydrogen (secondary N) is 1. The van der Waals surface area contributed by atoms with Crippen LogP contribution in [0.25, 0.3) is 0 Å². The lowest BCUT2D eigenvalue weighted by Gasteiger charge is -2.30. The molecule has 11 heteroatoms. The molecule has 1 aromatic heterocycles. The fraction of sp³-hybridized carbons (Fsp3) is 0.450. The number of anilines is 1. The van der Waals surface area contributed by atoms with Crippen molar-refractivity contribution < 1.29 is 24.0 Å². The number of hydrogen-bond acceptors (Lipinski definition) is 7. The van der Waals surface area contributed by atoms with Gasteiger partial charge in [-0.2, -0.15) is 5.10 Å². The molecule has 0 bridgehead atoms. The third-order valence-corrected chi connectivity index (χ3v) is 4.75. The Morgan fingerprint density at radius 3 is 2.61 bits per heavy atom. The van der Waals surface area contributed by atoms with Gasteiger partial charge in [-0.25, -0.2) is 4.79 Å². The molecule has 0 spiro atoms. The molecule has 3 rings (SSSR count). The van der Waals surface area contributed by atoms with Crippen LogP contribution in [0.1, 0.15) is 42.5 Å². The van der Waals surface area contributed by atoms with Crippen molar-refractivity contribution in [3.63, 3.8) is 0 Å². The maximum absolute atomic E-state index is 13.0. The van der Waals surface area contributed by atoms with Crippen molar-refractivity contribution in [2.45, 2.75) is 39.3 Å². The molecule has 31 heavy (non-hydrogen) atoms. The minimum absolute atomic E-state index is 0.155. The number of hydrogen-bond donors (Lipinski definition) is 1. The number of rotatable bonds is 4. The second kappa shape index (κ2) is 8.25. The second-order valence-electron chi connectivity index (χ2n) is 8.15. The van der Waals surface area contributed by atoms with E-state index in [4.69, 9.17) is 9.47 Å². The van der Waals surface area contributed by atoms with E-state index in [0.29, 0.717) is 18.5 Å². The number of benzene rings is 1. The van der Waals surface area contributed by atoms with Crippen LogP contribution in [0.3, 0.4) is 0 Å². The molecule has 2 amide bonds. The summed E-state index contributed by atoms with van der Waals surface area (Å²) < 4.78 is 12.2. The number of aryl methyl sites for hydroxylation is 1. The summed E-state index contributed by atoms with van der Waals surface area (Å²) in [5, 5.41) is 18.0. The number of carbonyl (C=O) groups is 2. The van der Waals surface area contributed by atoms with Gasteiger partial charge in [0.2, 0.25) is 0 Å². The number of ether oxygens (including phenoxy) is 2. The molecule has 0 saturated carbocycles. The Hall–Kier alpha value is -3.63. The first kappa shape index (κ1) is 22.1. The number of nitro groups is 1. The van der Waals surface area contributed by atoms with Gasteiger partial charge >= 0.3 is 6.09 Å². The monoisotopic (exact) mass is 431 g/mol. The van der Waals surface area contributed by atoms with Crippen LogP contribution in [0.4, 0.5) is 16.2 Å². The van der Waals surface area contributed by atoms with Crippen LogP contribution < -0.4 is 10.1 Å². The van der Waals surface area contributed by atoms with Gasteiger partial charge in [-0.15, -0.1) is 0 Å². The SMILES string of the molecule is COc1cc([N+](=O)[O-])ccc1NC(=O)c1nn(C)c2c1CN(C(=O)OC(C)(C)C)CC2. The van der Waals surface area contributed by atoms with Gasteiger partial charge in [-0.05, 0) is 26.8 Å². The number of nitro benzene ring substituents is 1. The van der Waals surface area contributed by atoms with Gasteiger partial charge in [-0.3, -0.25) is 19.6 Å². The van der Waals surface area contributed by atoms with Crippen LogP contribution in [-0.2, 0) is 24.8 Å². The molecule has 0 radical (unpaired) electrons. The van der Waals surface area contributed by atoms with E-state index >= 15 is 0 Å². The van der Waals surface area contributed by atoms with Gasteiger partial charge in [-0.1, -0.05) is 0 Å². The van der Waals surface area contributed by atoms with E-state index < -0.39 is 22.5 Å². The fourth-order valence-electron chi connectivity index (χ4n) is 3.34. The van der Waals surface area contributed by atoms with Gasteiger partial charge in [0.05, 0.1) is 30.3 Å². The lowest BCUT2D eigenvalue weighted by Crippen LogP contribution is -2.40. The molecule has 1 N–H and O–H groups in total. The predicted octanol–water partition coefficient (Wildman–Crippen LogP) is 2.88. The minimum Gasteiger partial charge on any atom is -0.494 e. The number of nitrogens with zero attached hydrogens (tertiary/aromatic N) is 4. The van der Waals surface area contributed by atoms with E-state index in [1.807, 2.05) is 0 Å². The Balaban J connectivity index is 1.85. The van der Waals surface area contributed by atoms with Crippen molar-refractivity contribution in [1.82, 2.24) is 14.7 Å². The molecule has 2 aromatic rings. The normalized spacial score (nSPS) is 13.4. The van der Waals surface area contributed by atoms with Gasteiger partial charge in [0.25, 0.3) is 11.6 Å². The highest BCUT2D eigenvalue weighted by molar-refractivity contribution is 6.05. The van der Waals surface area contributed by atoms with E-state index in [1.165, 1.54) is 25.3 Å². The molecule has 1 aliphatic rings. The lowest BCUT2D eigenvalue weighted by molar-refractivity contribution is -0.384. The fourth-order valence-corrected chi connectivity index (χ4v) is 3.34. The zero-order valence-electron chi connectivity index (χ0n) is 18.1. The van der Waals surface area contributed by atoms with E-state index in [1.54, 1.807) is 37.4 Å². The molecule has 166 valence electrons. The van der Waals surface area contributed by atoms with Crippen LogP contribution in [-0.4, -0.2) is 50.9 Å². The first-order chi connectivity index (χ1) is 14.5. The molecular formula is C20H25N5O6. The number of methoxy groups -OCH3 is 1. The maximum atomic E-state index is 13.0. The molecule has 0 atom stereocenters. The molecule has 1 aromatic carbocycles. The zero-order valence-corrected chi connectivity index (χ0v) is 18.1. The largest absolute Gasteiger partial charge is 0.494 e. The Morgan fingerprint density at radius 2 is 2.00 bits per heavy atom. The Kier molecular flexibility index (Phi) is 5.87. The quantitative estimate of drug-likeness (QED) is 0.582. The van der Waals surface area contributed by atoms with Crippen molar-refractivity contribution in [2.75, 3.05) is 19.0 Å². The summed E-state index contributed by atoms with van der Waals surface area (Å²) in [6.07, 6.45) is 0.0806. The first-order valence-electron chi connectivity index (χ1n) is 9.66. The summed E-state index contributed by atoms with van der Waals surface area (Å²) in [6.45, 7) is 6.03. The summed E-state index contributed by atoms with van der Waals surface area (Å²) in [7, 11) is 3.10. The molecule has 0 fully saturated rings. The number of amides is 2. The third-order valence-electron chi connectivity index (χ3n) is 4.75. The highest BCUT2D eigenvalue weighted by atomic mass is 16.6. The van der Waals surface area contributed by atoms with E-state index in [9.17, 15) is 19.7 Å². The molecule has 1 aliphatic heterocycles. The number of aromatic nitrogens is 2. The number of non-ortho nitro benzene ring substituents is 1. The van der Waals surface area contributed by atoms with Gasteiger partial charge in [0, 0.05) is 37.3 Å². The van der Waals surface area contributed by atoms with Crippen LogP contribution in [0.2, 0.25) is 0 Å². The average Bonchev–Trinajstić information content (AvgIpc) is 3.03. The summed E-state index contributed by atoms with van der Waals surface area (Å²) in [6, 6.07) is 3.90. The van der Waals surface area contributed by atoms with Crippen molar-refractivity contribution in [3.8, 4) is 5.75 Å². The van der Waals surface area contributed by atoms with Crippen molar-refractivity contribution in [2.24, 2.45) is 7.05 Å². The molecular weight excluding hydrogens is 406 g/mol. The predicted molar refractivity (Wildman–Crippen MR) is 111 cm³/mol. The van der Waals surface area contributed by atoms with Gasteiger partial charge in [0.15, 0.2) is 5.69 Å². The Bertz CT molecular complexity index is 1040. The number of fused-ring (bicyclic) bond motifs is 1. The summed E-state index contributed by atoms with van der Waals surface area (Å²) >= 11 is 0. The Morgan fingerprint density at radius 1 is 1.29 bits per heavy atom. The van der Waals surface area contributed by atoms with Crippen LogP contribution in [0, 0.1) is 10.1 Å². The average molecular weight is 431 g/mol. The summed E-state index contributed by atoms with van der Waals surface area (Å²) in [5.74, 6) is -0.349. The Labute approximate surface area is 179 Å². The second-order valence-corrected chi connectivity index (χ2v) is 8.15. The lowest BCUT2D eigenvalue weighted by atomic mass is 10.0. The van der Waals surface area contributed by atoms with Crippen molar-refractivity contribution >= 4 is 23.4 Å². The maximum Gasteiger partial charge on any atom is 0.410 e. The third kappa shape index (κ3) is 4.76. The molecule has 2 heterocycles. The van der Waals surface area contributed by atoms with Crippen LogP contribution in [0.15, 0.2) is 18.2 Å².